The van der Waals surface area contributed by atoms with Gasteiger partial charge in [0.05, 0.1) is 0 Å². The van der Waals surface area contributed by atoms with Crippen LogP contribution < -0.4 is 4.74 Å². The number of carbonyl (C=O) groups is 2. The average molecular weight is 250 g/mol. The van der Waals surface area contributed by atoms with Gasteiger partial charge in [0.1, 0.15) is 22.8 Å². The van der Waals surface area contributed by atoms with Crippen LogP contribution in [0.4, 0.5) is 0 Å². The summed E-state index contributed by atoms with van der Waals surface area (Å²) in [5.74, 6) is -1.76. The van der Waals surface area contributed by atoms with Crippen molar-refractivity contribution in [2.75, 3.05) is 0 Å². The van der Waals surface area contributed by atoms with Gasteiger partial charge in [-0.15, -0.1) is 0 Å². The lowest BCUT2D eigenvalue weighted by Crippen LogP contribution is -2.32. The number of aromatic carboxylic acids is 1. The first-order valence-corrected chi connectivity index (χ1v) is 5.70. The molecule has 1 saturated carbocycles. The maximum Gasteiger partial charge on any atom is 0.339 e. The van der Waals surface area contributed by atoms with Crippen molar-refractivity contribution in [1.82, 2.24) is 0 Å². The van der Waals surface area contributed by atoms with E-state index in [1.807, 2.05) is 0 Å². The van der Waals surface area contributed by atoms with Crippen molar-refractivity contribution < 1.29 is 24.5 Å². The highest BCUT2D eigenvalue weighted by molar-refractivity contribution is 5.90. The molecule has 18 heavy (non-hydrogen) atoms. The van der Waals surface area contributed by atoms with Crippen LogP contribution in [0.3, 0.4) is 0 Å². The minimum Gasteiger partial charge on any atom is -0.489 e. The van der Waals surface area contributed by atoms with Gasteiger partial charge >= 0.3 is 11.9 Å². The van der Waals surface area contributed by atoms with Crippen molar-refractivity contribution in [3.05, 3.63) is 29.8 Å². The van der Waals surface area contributed by atoms with Gasteiger partial charge in [0.15, 0.2) is 0 Å². The van der Waals surface area contributed by atoms with E-state index in [0.717, 1.165) is 0 Å². The zero-order chi connectivity index (χ0) is 13.3. The summed E-state index contributed by atoms with van der Waals surface area (Å²) >= 11 is 0. The van der Waals surface area contributed by atoms with Crippen molar-refractivity contribution in [1.29, 1.82) is 0 Å². The first-order chi connectivity index (χ1) is 8.47. The summed E-state index contributed by atoms with van der Waals surface area (Å²) in [4.78, 5) is 22.1. The molecule has 5 heteroatoms. The first kappa shape index (κ1) is 12.4. The zero-order valence-electron chi connectivity index (χ0n) is 9.92. The predicted molar refractivity (Wildman–Crippen MR) is 62.8 cm³/mol. The number of para-hydroxylation sites is 1. The van der Waals surface area contributed by atoms with Crippen molar-refractivity contribution in [2.45, 2.75) is 25.9 Å². The molecule has 1 fully saturated rings. The maximum absolute atomic E-state index is 11.1. The summed E-state index contributed by atoms with van der Waals surface area (Å²) in [5.41, 5.74) is -0.809. The van der Waals surface area contributed by atoms with Crippen LogP contribution in [-0.4, -0.2) is 28.3 Å². The summed E-state index contributed by atoms with van der Waals surface area (Å²) in [6.45, 7) is 1.67. The molecule has 1 unspecified atom stereocenters. The third-order valence-corrected chi connectivity index (χ3v) is 3.41. The fourth-order valence-electron chi connectivity index (χ4n) is 1.98. The quantitative estimate of drug-likeness (QED) is 0.835. The van der Waals surface area contributed by atoms with E-state index < -0.39 is 23.5 Å². The molecule has 5 nitrogen and oxygen atoms in total. The molecule has 96 valence electrons. The Kier molecular flexibility index (Phi) is 2.98. The van der Waals surface area contributed by atoms with E-state index in [1.165, 1.54) is 12.1 Å². The minimum atomic E-state index is -1.09. The molecule has 0 radical (unpaired) electrons. The van der Waals surface area contributed by atoms with Gasteiger partial charge in [0.2, 0.25) is 0 Å². The Hall–Kier alpha value is -2.04. The number of benzene rings is 1. The number of hydrogen-bond acceptors (Lipinski definition) is 3. The molecule has 1 aromatic rings. The molecule has 1 atom stereocenters. The second-order valence-electron chi connectivity index (χ2n) is 4.52. The first-order valence-electron chi connectivity index (χ1n) is 5.70. The topological polar surface area (TPSA) is 83.8 Å². The molecule has 0 saturated heterocycles. The highest BCUT2D eigenvalue weighted by Gasteiger charge is 2.56. The normalized spacial score (nSPS) is 17.8. The zero-order valence-corrected chi connectivity index (χ0v) is 9.92. The molecular formula is C13H14O5. The number of ether oxygens (including phenoxy) is 1. The van der Waals surface area contributed by atoms with Gasteiger partial charge in [-0.25, -0.2) is 4.79 Å². The Bertz CT molecular complexity index is 490. The highest BCUT2D eigenvalue weighted by atomic mass is 16.5. The summed E-state index contributed by atoms with van der Waals surface area (Å²) in [6.07, 6.45) is 0.591. The lowest BCUT2D eigenvalue weighted by molar-refractivity contribution is -0.146. The van der Waals surface area contributed by atoms with E-state index in [4.69, 9.17) is 14.9 Å². The van der Waals surface area contributed by atoms with Crippen LogP contribution in [0.15, 0.2) is 24.3 Å². The number of hydrogen-bond donors (Lipinski definition) is 2. The Labute approximate surface area is 104 Å². The Morgan fingerprint density at radius 2 is 1.89 bits per heavy atom. The van der Waals surface area contributed by atoms with E-state index in [2.05, 4.69) is 0 Å². The Balaban J connectivity index is 2.20. The molecular weight excluding hydrogens is 236 g/mol. The fourth-order valence-corrected chi connectivity index (χ4v) is 1.98. The van der Waals surface area contributed by atoms with Gasteiger partial charge in [-0.3, -0.25) is 4.79 Å². The lowest BCUT2D eigenvalue weighted by Gasteiger charge is -2.21. The van der Waals surface area contributed by atoms with E-state index in [0.29, 0.717) is 12.8 Å². The van der Waals surface area contributed by atoms with Crippen molar-refractivity contribution in [3.63, 3.8) is 0 Å². The third kappa shape index (κ3) is 2.03. The van der Waals surface area contributed by atoms with Gasteiger partial charge in [-0.05, 0) is 31.9 Å². The van der Waals surface area contributed by atoms with Gasteiger partial charge in [-0.2, -0.15) is 0 Å². The van der Waals surface area contributed by atoms with Crippen molar-refractivity contribution in [2.24, 2.45) is 5.41 Å². The summed E-state index contributed by atoms with van der Waals surface area (Å²) in [6, 6.07) is 6.24. The Morgan fingerprint density at radius 3 is 2.39 bits per heavy atom. The average Bonchev–Trinajstić information content (AvgIpc) is 3.10. The molecule has 0 amide bonds. The number of carboxylic acids is 2. The second-order valence-corrected chi connectivity index (χ2v) is 4.52. The molecule has 2 rings (SSSR count). The fraction of sp³-hybridized carbons (Fsp3) is 0.385. The van der Waals surface area contributed by atoms with E-state index in [1.54, 1.807) is 19.1 Å². The standard InChI is InChI=1S/C13H14O5/c1-8(13(6-7-13)12(16)17)18-10-5-3-2-4-9(10)11(14)15/h2-5,8H,6-7H2,1H3,(H,14,15)(H,16,17). The monoisotopic (exact) mass is 250 g/mol. The molecule has 1 aliphatic rings. The molecule has 0 bridgehead atoms. The van der Waals surface area contributed by atoms with Crippen LogP contribution in [0, 0.1) is 5.41 Å². The molecule has 0 aliphatic heterocycles. The number of carboxylic acid groups (broad SMARTS) is 2. The van der Waals surface area contributed by atoms with Crippen molar-refractivity contribution in [3.8, 4) is 5.75 Å². The summed E-state index contributed by atoms with van der Waals surface area (Å²) in [5, 5.41) is 18.1. The van der Waals surface area contributed by atoms with Crippen molar-refractivity contribution >= 4 is 11.9 Å². The lowest BCUT2D eigenvalue weighted by atomic mass is 10.0. The van der Waals surface area contributed by atoms with Crippen LogP contribution in [0.25, 0.3) is 0 Å². The van der Waals surface area contributed by atoms with Gasteiger partial charge < -0.3 is 14.9 Å². The van der Waals surface area contributed by atoms with Crippen LogP contribution in [0.1, 0.15) is 30.1 Å². The second kappa shape index (κ2) is 4.33. The third-order valence-electron chi connectivity index (χ3n) is 3.41. The SMILES string of the molecule is CC(Oc1ccccc1C(=O)O)C1(C(=O)O)CC1. The van der Waals surface area contributed by atoms with Gasteiger partial charge in [-0.1, -0.05) is 12.1 Å². The predicted octanol–water partition coefficient (Wildman–Crippen LogP) is 2.02. The molecule has 0 aromatic heterocycles. The summed E-state index contributed by atoms with van der Waals surface area (Å²) < 4.78 is 5.53. The van der Waals surface area contributed by atoms with Gasteiger partial charge in [0, 0.05) is 0 Å². The smallest absolute Gasteiger partial charge is 0.339 e. The molecule has 1 aliphatic carbocycles. The van der Waals surface area contributed by atoms with Crippen LogP contribution in [0.5, 0.6) is 5.75 Å². The van der Waals surface area contributed by atoms with E-state index >= 15 is 0 Å². The maximum atomic E-state index is 11.1. The Morgan fingerprint density at radius 1 is 1.28 bits per heavy atom. The molecule has 1 aromatic carbocycles. The number of aliphatic carboxylic acids is 1. The summed E-state index contributed by atoms with van der Waals surface area (Å²) in [7, 11) is 0. The molecule has 0 heterocycles. The number of rotatable bonds is 5. The minimum absolute atomic E-state index is 0.0468. The van der Waals surface area contributed by atoms with Crippen LogP contribution in [-0.2, 0) is 4.79 Å². The largest absolute Gasteiger partial charge is 0.489 e. The van der Waals surface area contributed by atoms with Gasteiger partial charge in [0.25, 0.3) is 0 Å². The molecule has 0 spiro atoms. The van der Waals surface area contributed by atoms with E-state index in [9.17, 15) is 9.59 Å². The molecule has 2 N–H and O–H groups in total. The highest BCUT2D eigenvalue weighted by Crippen LogP contribution is 2.50. The van der Waals surface area contributed by atoms with Crippen LogP contribution in [0.2, 0.25) is 0 Å². The van der Waals surface area contributed by atoms with E-state index in [-0.39, 0.29) is 11.3 Å². The van der Waals surface area contributed by atoms with Crippen LogP contribution >= 0.6 is 0 Å².